The molecule has 2 atom stereocenters. The maximum Gasteiger partial charge on any atom is 0.0325 e. The van der Waals surface area contributed by atoms with Crippen LogP contribution in [0.3, 0.4) is 0 Å². The van der Waals surface area contributed by atoms with Gasteiger partial charge in [0.1, 0.15) is 0 Å². The molecule has 1 aromatic carbocycles. The summed E-state index contributed by atoms with van der Waals surface area (Å²) in [6.07, 6.45) is 11.2. The SMILES string of the molecule is C#CCC(C)NC1CCCCc2ccccc21. The van der Waals surface area contributed by atoms with Crippen LogP contribution in [0.4, 0.5) is 0 Å². The summed E-state index contributed by atoms with van der Waals surface area (Å²) < 4.78 is 0. The van der Waals surface area contributed by atoms with Crippen LogP contribution >= 0.6 is 0 Å². The quantitative estimate of drug-likeness (QED) is 0.616. The summed E-state index contributed by atoms with van der Waals surface area (Å²) in [4.78, 5) is 0. The van der Waals surface area contributed by atoms with Gasteiger partial charge in [0.05, 0.1) is 0 Å². The predicted octanol–water partition coefficient (Wildman–Crippen LogP) is 3.46. The monoisotopic (exact) mass is 227 g/mol. The van der Waals surface area contributed by atoms with Crippen LogP contribution in [0.25, 0.3) is 0 Å². The van der Waals surface area contributed by atoms with E-state index in [2.05, 4.69) is 42.4 Å². The summed E-state index contributed by atoms with van der Waals surface area (Å²) in [6, 6.07) is 9.70. The number of hydrogen-bond acceptors (Lipinski definition) is 1. The third kappa shape index (κ3) is 3.11. The summed E-state index contributed by atoms with van der Waals surface area (Å²) in [5, 5.41) is 3.67. The normalized spacial score (nSPS) is 21.1. The average Bonchev–Trinajstić information content (AvgIpc) is 2.53. The van der Waals surface area contributed by atoms with Crippen molar-refractivity contribution in [1.82, 2.24) is 5.32 Å². The molecule has 90 valence electrons. The first-order valence-electron chi connectivity index (χ1n) is 6.58. The first-order chi connectivity index (χ1) is 8.31. The van der Waals surface area contributed by atoms with Crippen molar-refractivity contribution in [2.45, 2.75) is 51.1 Å². The summed E-state index contributed by atoms with van der Waals surface area (Å²) >= 11 is 0. The Morgan fingerprint density at radius 1 is 1.41 bits per heavy atom. The molecule has 0 radical (unpaired) electrons. The van der Waals surface area contributed by atoms with Crippen LogP contribution in [0.15, 0.2) is 24.3 Å². The highest BCUT2D eigenvalue weighted by atomic mass is 14.9. The lowest BCUT2D eigenvalue weighted by Crippen LogP contribution is -2.30. The summed E-state index contributed by atoms with van der Waals surface area (Å²) in [5.74, 6) is 2.73. The van der Waals surface area contributed by atoms with E-state index in [-0.39, 0.29) is 0 Å². The van der Waals surface area contributed by atoms with Crippen molar-refractivity contribution in [2.75, 3.05) is 0 Å². The van der Waals surface area contributed by atoms with E-state index in [1.54, 1.807) is 0 Å². The molecule has 1 heteroatoms. The molecule has 1 N–H and O–H groups in total. The van der Waals surface area contributed by atoms with Gasteiger partial charge in [0.15, 0.2) is 0 Å². The van der Waals surface area contributed by atoms with Crippen molar-refractivity contribution in [2.24, 2.45) is 0 Å². The molecule has 2 rings (SSSR count). The molecule has 0 amide bonds. The second-order valence-corrected chi connectivity index (χ2v) is 4.97. The van der Waals surface area contributed by atoms with E-state index < -0.39 is 0 Å². The lowest BCUT2D eigenvalue weighted by atomic mass is 9.98. The molecule has 0 heterocycles. The molecule has 0 spiro atoms. The lowest BCUT2D eigenvalue weighted by molar-refractivity contribution is 0.433. The topological polar surface area (TPSA) is 12.0 Å². The average molecular weight is 227 g/mol. The molecule has 0 saturated carbocycles. The zero-order valence-corrected chi connectivity index (χ0v) is 10.6. The summed E-state index contributed by atoms with van der Waals surface area (Å²) in [5.41, 5.74) is 2.99. The molecule has 2 unspecified atom stereocenters. The first kappa shape index (κ1) is 12.2. The molecule has 0 aliphatic heterocycles. The first-order valence-corrected chi connectivity index (χ1v) is 6.58. The van der Waals surface area contributed by atoms with E-state index in [0.29, 0.717) is 12.1 Å². The molecule has 0 fully saturated rings. The van der Waals surface area contributed by atoms with Gasteiger partial charge in [0, 0.05) is 18.5 Å². The van der Waals surface area contributed by atoms with Gasteiger partial charge in [-0.3, -0.25) is 0 Å². The van der Waals surface area contributed by atoms with E-state index in [1.165, 1.54) is 36.8 Å². The highest BCUT2D eigenvalue weighted by Gasteiger charge is 2.19. The molecule has 1 aliphatic carbocycles. The molecule has 0 aromatic heterocycles. The number of terminal acetylenes is 1. The Morgan fingerprint density at radius 3 is 3.06 bits per heavy atom. The van der Waals surface area contributed by atoms with Crippen LogP contribution in [-0.2, 0) is 6.42 Å². The maximum absolute atomic E-state index is 5.37. The second kappa shape index (κ2) is 5.89. The van der Waals surface area contributed by atoms with E-state index in [0.717, 1.165) is 6.42 Å². The number of aryl methyl sites for hydroxylation is 1. The maximum atomic E-state index is 5.37. The minimum Gasteiger partial charge on any atom is -0.306 e. The molecule has 0 saturated heterocycles. The van der Waals surface area contributed by atoms with Crippen LogP contribution in [0.5, 0.6) is 0 Å². The van der Waals surface area contributed by atoms with Gasteiger partial charge < -0.3 is 5.32 Å². The smallest absolute Gasteiger partial charge is 0.0325 e. The highest BCUT2D eigenvalue weighted by Crippen LogP contribution is 2.28. The Bertz CT molecular complexity index is 402. The van der Waals surface area contributed by atoms with Gasteiger partial charge in [-0.15, -0.1) is 12.3 Å². The van der Waals surface area contributed by atoms with Gasteiger partial charge >= 0.3 is 0 Å². The van der Waals surface area contributed by atoms with Gasteiger partial charge in [-0.25, -0.2) is 0 Å². The molecule has 0 bridgehead atoms. The fraction of sp³-hybridized carbons (Fsp3) is 0.500. The predicted molar refractivity (Wildman–Crippen MR) is 72.8 cm³/mol. The van der Waals surface area contributed by atoms with Crippen molar-refractivity contribution >= 4 is 0 Å². The molecule has 1 nitrogen and oxygen atoms in total. The number of fused-ring (bicyclic) bond motifs is 1. The number of benzene rings is 1. The van der Waals surface area contributed by atoms with Gasteiger partial charge in [0.2, 0.25) is 0 Å². The standard InChI is InChI=1S/C16H21N/c1-3-8-13(2)17-16-12-7-5-10-14-9-4-6-11-15(14)16/h1,4,6,9,11,13,16-17H,5,7-8,10,12H2,2H3. The number of hydrogen-bond donors (Lipinski definition) is 1. The zero-order chi connectivity index (χ0) is 12.1. The number of rotatable bonds is 3. The van der Waals surface area contributed by atoms with Crippen molar-refractivity contribution in [3.05, 3.63) is 35.4 Å². The van der Waals surface area contributed by atoms with Crippen molar-refractivity contribution in [3.8, 4) is 12.3 Å². The van der Waals surface area contributed by atoms with Crippen LogP contribution in [0.2, 0.25) is 0 Å². The largest absolute Gasteiger partial charge is 0.306 e. The van der Waals surface area contributed by atoms with E-state index in [9.17, 15) is 0 Å². The third-order valence-corrected chi connectivity index (χ3v) is 3.53. The molecule has 17 heavy (non-hydrogen) atoms. The Balaban J connectivity index is 2.14. The van der Waals surface area contributed by atoms with Gasteiger partial charge in [-0.2, -0.15) is 0 Å². The second-order valence-electron chi connectivity index (χ2n) is 4.97. The molecular weight excluding hydrogens is 206 g/mol. The van der Waals surface area contributed by atoms with Crippen molar-refractivity contribution in [1.29, 1.82) is 0 Å². The third-order valence-electron chi connectivity index (χ3n) is 3.53. The van der Waals surface area contributed by atoms with Crippen LogP contribution in [0, 0.1) is 12.3 Å². The van der Waals surface area contributed by atoms with Crippen LogP contribution in [-0.4, -0.2) is 6.04 Å². The minimum absolute atomic E-state index is 0.399. The summed E-state index contributed by atoms with van der Waals surface area (Å²) in [7, 11) is 0. The fourth-order valence-corrected chi connectivity index (χ4v) is 2.67. The lowest BCUT2D eigenvalue weighted by Gasteiger charge is -2.23. The number of nitrogens with one attached hydrogen (secondary N) is 1. The Labute approximate surface area is 105 Å². The van der Waals surface area contributed by atoms with E-state index >= 15 is 0 Å². The Morgan fingerprint density at radius 2 is 2.24 bits per heavy atom. The van der Waals surface area contributed by atoms with Crippen molar-refractivity contribution in [3.63, 3.8) is 0 Å². The molecular formula is C16H21N. The van der Waals surface area contributed by atoms with Gasteiger partial charge in [-0.1, -0.05) is 30.7 Å². The summed E-state index contributed by atoms with van der Waals surface area (Å²) in [6.45, 7) is 2.17. The Hall–Kier alpha value is -1.26. The van der Waals surface area contributed by atoms with Gasteiger partial charge in [0.25, 0.3) is 0 Å². The zero-order valence-electron chi connectivity index (χ0n) is 10.6. The van der Waals surface area contributed by atoms with Crippen LogP contribution < -0.4 is 5.32 Å². The van der Waals surface area contributed by atoms with E-state index in [1.807, 2.05) is 0 Å². The van der Waals surface area contributed by atoms with Crippen molar-refractivity contribution < 1.29 is 0 Å². The highest BCUT2D eigenvalue weighted by molar-refractivity contribution is 5.31. The van der Waals surface area contributed by atoms with Gasteiger partial charge in [-0.05, 0) is 37.3 Å². The fourth-order valence-electron chi connectivity index (χ4n) is 2.67. The van der Waals surface area contributed by atoms with E-state index in [4.69, 9.17) is 6.42 Å². The molecule has 1 aromatic rings. The Kier molecular flexibility index (Phi) is 4.23. The molecule has 1 aliphatic rings. The minimum atomic E-state index is 0.399. The van der Waals surface area contributed by atoms with Crippen LogP contribution in [0.1, 0.15) is 49.8 Å².